The van der Waals surface area contributed by atoms with Crippen molar-refractivity contribution in [1.29, 1.82) is 0 Å². The number of rotatable bonds is 11. The lowest BCUT2D eigenvalue weighted by atomic mass is 9.91. The molecule has 0 saturated carbocycles. The van der Waals surface area contributed by atoms with Crippen LogP contribution in [0.2, 0.25) is 0 Å². The Morgan fingerprint density at radius 3 is 2.73 bits per heavy atom. The highest BCUT2D eigenvalue weighted by atomic mass is 31.1. The van der Waals surface area contributed by atoms with Crippen LogP contribution in [0.25, 0.3) is 11.2 Å². The summed E-state index contributed by atoms with van der Waals surface area (Å²) < 4.78 is 24.0. The van der Waals surface area contributed by atoms with Crippen LogP contribution in [0, 0.1) is 5.92 Å². The number of anilines is 1. The highest BCUT2D eigenvalue weighted by molar-refractivity contribution is 7.38. The first-order valence-electron chi connectivity index (χ1n) is 8.00. The lowest BCUT2D eigenvalue weighted by molar-refractivity contribution is -0.268. The molecule has 2 aromatic heterocycles. The first-order valence-corrected chi connectivity index (χ1v) is 9.36. The van der Waals surface area contributed by atoms with Crippen molar-refractivity contribution < 1.29 is 18.9 Å². The number of aromatic nitrogens is 4. The molecule has 10 heteroatoms. The van der Waals surface area contributed by atoms with Crippen molar-refractivity contribution in [3.63, 3.8) is 0 Å². The maximum Gasteiger partial charge on any atom is 0.568 e. The Bertz CT molecular complexity index is 784. The summed E-state index contributed by atoms with van der Waals surface area (Å²) in [5.74, 6) is 0.340. The molecule has 2 heterocycles. The van der Waals surface area contributed by atoms with Gasteiger partial charge in [0.1, 0.15) is 17.4 Å². The highest BCUT2D eigenvalue weighted by Crippen LogP contribution is 2.31. The molecule has 0 aliphatic heterocycles. The second-order valence-corrected chi connectivity index (χ2v) is 6.89. The van der Waals surface area contributed by atoms with E-state index in [1.807, 2.05) is 13.8 Å². The van der Waals surface area contributed by atoms with Gasteiger partial charge in [0.25, 0.3) is 6.35 Å². The van der Waals surface area contributed by atoms with E-state index in [1.54, 1.807) is 23.0 Å². The van der Waals surface area contributed by atoms with E-state index in [1.165, 1.54) is 6.33 Å². The fourth-order valence-electron chi connectivity index (χ4n) is 2.21. The van der Waals surface area contributed by atoms with Crippen molar-refractivity contribution in [3.05, 3.63) is 38.0 Å². The number of imidazole rings is 1. The van der Waals surface area contributed by atoms with Gasteiger partial charge in [-0.1, -0.05) is 39.2 Å². The number of nitrogen functional groups attached to an aromatic ring is 1. The van der Waals surface area contributed by atoms with Crippen molar-refractivity contribution in [2.24, 2.45) is 5.92 Å². The number of hydrogen-bond donors (Lipinski definition) is 1. The number of nitrogens with two attached hydrogens (primary N) is 1. The van der Waals surface area contributed by atoms with Crippen molar-refractivity contribution in [3.8, 4) is 0 Å². The molecule has 2 rings (SSSR count). The summed E-state index contributed by atoms with van der Waals surface area (Å²) in [4.78, 5) is 17.5. The van der Waals surface area contributed by atoms with Crippen molar-refractivity contribution in [2.75, 3.05) is 18.7 Å². The van der Waals surface area contributed by atoms with Crippen LogP contribution in [0.4, 0.5) is 5.82 Å². The van der Waals surface area contributed by atoms with E-state index in [0.29, 0.717) is 23.5 Å². The van der Waals surface area contributed by atoms with Gasteiger partial charge in [-0.15, -0.1) is 0 Å². The Kier molecular flexibility index (Phi) is 6.93. The third-order valence-electron chi connectivity index (χ3n) is 3.91. The quantitative estimate of drug-likeness (QED) is 0.208. The van der Waals surface area contributed by atoms with Crippen LogP contribution in [-0.4, -0.2) is 38.1 Å². The summed E-state index contributed by atoms with van der Waals surface area (Å²) in [5.41, 5.74) is 5.98. The fourth-order valence-corrected chi connectivity index (χ4v) is 2.74. The van der Waals surface area contributed by atoms with Gasteiger partial charge in [0.15, 0.2) is 11.5 Å². The highest BCUT2D eigenvalue weighted by Gasteiger charge is 2.34. The molecule has 0 aromatic carbocycles. The Morgan fingerprint density at radius 1 is 1.35 bits per heavy atom. The third-order valence-corrected chi connectivity index (χ3v) is 4.54. The average molecular weight is 380 g/mol. The molecule has 0 bridgehead atoms. The fraction of sp³-hybridized carbons (Fsp3) is 0.438. The largest absolute Gasteiger partial charge is 0.568 e. The van der Waals surface area contributed by atoms with Crippen LogP contribution in [-0.2, 0) is 25.4 Å². The molecular formula is C16H23N5O4P+. The lowest BCUT2D eigenvalue weighted by Crippen LogP contribution is -2.33. The topological polar surface area (TPSA) is 114 Å². The number of ether oxygens (including phenoxy) is 1. The molecule has 0 aliphatic carbocycles. The zero-order valence-electron chi connectivity index (χ0n) is 14.9. The molecule has 1 unspecified atom stereocenters. The molecule has 0 saturated heterocycles. The number of nitrogens with zero attached hydrogens (tertiary/aromatic N) is 4. The van der Waals surface area contributed by atoms with Crippen LogP contribution in [0.5, 0.6) is 0 Å². The Balaban J connectivity index is 1.79. The van der Waals surface area contributed by atoms with E-state index in [-0.39, 0.29) is 18.9 Å². The van der Waals surface area contributed by atoms with Crippen LogP contribution in [0.3, 0.4) is 0 Å². The Hall–Kier alpha value is -2.19. The smallest absolute Gasteiger partial charge is 0.382 e. The molecule has 0 amide bonds. The van der Waals surface area contributed by atoms with Gasteiger partial charge in [-0.25, -0.2) is 15.0 Å². The Labute approximate surface area is 152 Å². The van der Waals surface area contributed by atoms with Gasteiger partial charge in [0.05, 0.1) is 12.9 Å². The summed E-state index contributed by atoms with van der Waals surface area (Å²) in [5, 5.41) is 0. The molecule has 0 fully saturated rings. The summed E-state index contributed by atoms with van der Waals surface area (Å²) in [6, 6.07) is 0. The third kappa shape index (κ3) is 4.50. The van der Waals surface area contributed by atoms with E-state index < -0.39 is 13.6 Å². The second kappa shape index (κ2) is 8.95. The minimum absolute atomic E-state index is 0.0192. The summed E-state index contributed by atoms with van der Waals surface area (Å²) in [6.07, 6.45) is 5.99. The van der Waals surface area contributed by atoms with Crippen LogP contribution < -0.4 is 5.73 Å². The van der Waals surface area contributed by atoms with Gasteiger partial charge in [0.2, 0.25) is 0 Å². The summed E-state index contributed by atoms with van der Waals surface area (Å²) in [6.45, 7) is 12.0. The van der Waals surface area contributed by atoms with Gasteiger partial charge < -0.3 is 15.0 Å². The maximum absolute atomic E-state index is 11.9. The minimum Gasteiger partial charge on any atom is -0.382 e. The van der Waals surface area contributed by atoms with Gasteiger partial charge in [-0.05, 0) is 10.5 Å². The Morgan fingerprint density at radius 2 is 2.08 bits per heavy atom. The maximum atomic E-state index is 11.9. The van der Waals surface area contributed by atoms with Crippen LogP contribution in [0.1, 0.15) is 13.8 Å². The molecule has 0 radical (unpaired) electrons. The van der Waals surface area contributed by atoms with Gasteiger partial charge in [0, 0.05) is 11.2 Å². The molecule has 1 atom stereocenters. The van der Waals surface area contributed by atoms with E-state index in [2.05, 4.69) is 28.1 Å². The van der Waals surface area contributed by atoms with Crippen LogP contribution >= 0.6 is 8.03 Å². The van der Waals surface area contributed by atoms with Gasteiger partial charge in [-0.3, -0.25) is 0 Å². The van der Waals surface area contributed by atoms with Crippen molar-refractivity contribution in [2.45, 2.75) is 26.0 Å². The molecule has 2 N–H and O–H groups in total. The predicted octanol–water partition coefficient (Wildman–Crippen LogP) is 2.84. The molecule has 26 heavy (non-hydrogen) atoms. The average Bonchev–Trinajstić information content (AvgIpc) is 3.04. The van der Waals surface area contributed by atoms with Gasteiger partial charge >= 0.3 is 8.03 Å². The summed E-state index contributed by atoms with van der Waals surface area (Å²) >= 11 is 0. The first-order chi connectivity index (χ1) is 12.4. The van der Waals surface area contributed by atoms with E-state index >= 15 is 0 Å². The normalized spacial score (nSPS) is 12.5. The predicted molar refractivity (Wildman–Crippen MR) is 98.3 cm³/mol. The standard InChI is InChI=1S/C16H23N5O4P/c1-5-16(6-2,12(3)4)24-25-26(22)11-23-8-7-21-10-20-13-14(17)18-9-19-15(13)21/h5-6,9-10,12H,1-2,7-8,11H2,3-4H3,(H2,17,18,19)/q+1. The molecule has 140 valence electrons. The zero-order chi connectivity index (χ0) is 19.2. The first kappa shape index (κ1) is 20.1. The monoisotopic (exact) mass is 380 g/mol. The molecular weight excluding hydrogens is 357 g/mol. The zero-order valence-corrected chi connectivity index (χ0v) is 15.8. The van der Waals surface area contributed by atoms with Crippen molar-refractivity contribution in [1.82, 2.24) is 19.5 Å². The molecule has 2 aromatic rings. The molecule has 9 nitrogen and oxygen atoms in total. The summed E-state index contributed by atoms with van der Waals surface area (Å²) in [7, 11) is -2.15. The number of hydrogen-bond acceptors (Lipinski definition) is 8. The van der Waals surface area contributed by atoms with Crippen molar-refractivity contribution >= 4 is 25.0 Å². The van der Waals surface area contributed by atoms with E-state index in [4.69, 9.17) is 20.0 Å². The van der Waals surface area contributed by atoms with Gasteiger partial charge in [-0.2, -0.15) is 4.89 Å². The minimum atomic E-state index is -2.15. The molecule has 0 spiro atoms. The van der Waals surface area contributed by atoms with E-state index in [0.717, 1.165) is 0 Å². The number of fused-ring (bicyclic) bond motifs is 1. The molecule has 0 aliphatic rings. The lowest BCUT2D eigenvalue weighted by Gasteiger charge is -2.26. The van der Waals surface area contributed by atoms with E-state index in [9.17, 15) is 4.57 Å². The SMILES string of the molecule is C=CC(C=C)(OO[P+](=O)COCCn1cnc2c(N)ncnc21)C(C)C. The van der Waals surface area contributed by atoms with Crippen LogP contribution in [0.15, 0.2) is 38.0 Å². The second-order valence-electron chi connectivity index (χ2n) is 5.81.